The van der Waals surface area contributed by atoms with Gasteiger partial charge in [0.25, 0.3) is 0 Å². The molecule has 1 saturated carbocycles. The molecule has 1 aliphatic carbocycles. The second-order valence-electron chi connectivity index (χ2n) is 6.04. The lowest BCUT2D eigenvalue weighted by Crippen LogP contribution is -2.20. The number of hydrogen-bond donors (Lipinski definition) is 2. The summed E-state index contributed by atoms with van der Waals surface area (Å²) in [5.41, 5.74) is 6.14. The molecule has 1 fully saturated rings. The fraction of sp³-hybridized carbons (Fsp3) is 0.538. The number of nitrogen functional groups attached to an aromatic ring is 1. The molecule has 20 heavy (non-hydrogen) atoms. The van der Waals surface area contributed by atoms with Crippen LogP contribution < -0.4 is 11.1 Å². The quantitative estimate of drug-likeness (QED) is 0.882. The Kier molecular flexibility index (Phi) is 3.04. The Morgan fingerprint density at radius 3 is 2.85 bits per heavy atom. The minimum atomic E-state index is 0.212. The number of nitrogens with two attached hydrogens (primary N) is 1. The summed E-state index contributed by atoms with van der Waals surface area (Å²) in [6.45, 7) is 4.57. The first kappa shape index (κ1) is 12.8. The van der Waals surface area contributed by atoms with Gasteiger partial charge < -0.3 is 11.1 Å². The fourth-order valence-electron chi connectivity index (χ4n) is 2.68. The molecule has 2 heterocycles. The molecule has 2 aromatic rings. The van der Waals surface area contributed by atoms with Crippen LogP contribution in [0, 0.1) is 5.41 Å². The van der Waals surface area contributed by atoms with E-state index < -0.39 is 0 Å². The summed E-state index contributed by atoms with van der Waals surface area (Å²) in [7, 11) is 0. The highest BCUT2D eigenvalue weighted by molar-refractivity contribution is 5.36. The lowest BCUT2D eigenvalue weighted by atomic mass is 9.92. The van der Waals surface area contributed by atoms with E-state index in [2.05, 4.69) is 39.1 Å². The normalized spacial score (nSPS) is 21.0. The second kappa shape index (κ2) is 4.73. The van der Waals surface area contributed by atoms with Crippen molar-refractivity contribution in [3.63, 3.8) is 0 Å². The van der Waals surface area contributed by atoms with Gasteiger partial charge in [0.05, 0.1) is 0 Å². The summed E-state index contributed by atoms with van der Waals surface area (Å²) < 4.78 is 1.71. The molecule has 0 saturated heterocycles. The van der Waals surface area contributed by atoms with Crippen LogP contribution in [0.2, 0.25) is 0 Å². The van der Waals surface area contributed by atoms with Crippen molar-refractivity contribution < 1.29 is 0 Å². The number of hydrogen-bond acceptors (Lipinski definition) is 6. The minimum Gasteiger partial charge on any atom is -0.368 e. The molecule has 0 spiro atoms. The van der Waals surface area contributed by atoms with Gasteiger partial charge in [-0.3, -0.25) is 4.57 Å². The van der Waals surface area contributed by atoms with Gasteiger partial charge >= 0.3 is 0 Å². The van der Waals surface area contributed by atoms with Crippen LogP contribution in [0.3, 0.4) is 0 Å². The summed E-state index contributed by atoms with van der Waals surface area (Å²) in [4.78, 5) is 16.7. The molecule has 0 aliphatic heterocycles. The van der Waals surface area contributed by atoms with E-state index >= 15 is 0 Å². The van der Waals surface area contributed by atoms with E-state index in [1.54, 1.807) is 23.3 Å². The summed E-state index contributed by atoms with van der Waals surface area (Å²) in [5, 5.41) is 3.36. The van der Waals surface area contributed by atoms with Crippen molar-refractivity contribution in [1.29, 1.82) is 0 Å². The lowest BCUT2D eigenvalue weighted by molar-refractivity contribution is 0.378. The maximum Gasteiger partial charge on any atom is 0.241 e. The Morgan fingerprint density at radius 1 is 1.35 bits per heavy atom. The van der Waals surface area contributed by atoms with Gasteiger partial charge in [-0.05, 0) is 24.7 Å². The Hall–Kier alpha value is -2.18. The molecule has 2 aromatic heterocycles. The van der Waals surface area contributed by atoms with Crippen molar-refractivity contribution in [2.24, 2.45) is 5.41 Å². The third kappa shape index (κ3) is 2.71. The molecule has 3 rings (SSSR count). The molecule has 0 amide bonds. The van der Waals surface area contributed by atoms with E-state index in [1.165, 1.54) is 6.42 Å². The Bertz CT molecular complexity index is 591. The van der Waals surface area contributed by atoms with Crippen molar-refractivity contribution >= 4 is 11.9 Å². The fourth-order valence-corrected chi connectivity index (χ4v) is 2.68. The zero-order valence-electron chi connectivity index (χ0n) is 11.7. The summed E-state index contributed by atoms with van der Waals surface area (Å²) in [6, 6.07) is 0.391. The van der Waals surface area contributed by atoms with Crippen molar-refractivity contribution in [3.8, 4) is 5.95 Å². The molecule has 0 aromatic carbocycles. The monoisotopic (exact) mass is 273 g/mol. The third-order valence-corrected chi connectivity index (χ3v) is 3.68. The maximum atomic E-state index is 5.76. The van der Waals surface area contributed by atoms with E-state index in [-0.39, 0.29) is 5.95 Å². The zero-order valence-corrected chi connectivity index (χ0v) is 11.7. The largest absolute Gasteiger partial charge is 0.368 e. The molecule has 0 radical (unpaired) electrons. The highest BCUT2D eigenvalue weighted by Crippen LogP contribution is 2.37. The van der Waals surface area contributed by atoms with Crippen LogP contribution in [-0.2, 0) is 0 Å². The number of imidazole rings is 1. The molecular formula is C13H19N7. The predicted molar refractivity (Wildman–Crippen MR) is 76.4 cm³/mol. The van der Waals surface area contributed by atoms with Gasteiger partial charge in [0, 0.05) is 18.4 Å². The van der Waals surface area contributed by atoms with Gasteiger partial charge in [-0.25, -0.2) is 4.98 Å². The van der Waals surface area contributed by atoms with E-state index in [9.17, 15) is 0 Å². The Labute approximate surface area is 117 Å². The van der Waals surface area contributed by atoms with Crippen LogP contribution in [0.4, 0.5) is 11.9 Å². The molecule has 0 bridgehead atoms. The molecule has 7 nitrogen and oxygen atoms in total. The summed E-state index contributed by atoms with van der Waals surface area (Å²) in [5.74, 6) is 1.22. The first-order valence-corrected chi connectivity index (χ1v) is 6.78. The highest BCUT2D eigenvalue weighted by Gasteiger charge is 2.31. The van der Waals surface area contributed by atoms with Crippen molar-refractivity contribution in [2.45, 2.75) is 39.2 Å². The minimum absolute atomic E-state index is 0.212. The molecule has 1 aliphatic rings. The van der Waals surface area contributed by atoms with Crippen molar-refractivity contribution in [1.82, 2.24) is 24.5 Å². The lowest BCUT2D eigenvalue weighted by Gasteiger charge is -2.18. The van der Waals surface area contributed by atoms with Gasteiger partial charge in [-0.1, -0.05) is 13.8 Å². The number of aromatic nitrogens is 5. The van der Waals surface area contributed by atoms with Crippen LogP contribution >= 0.6 is 0 Å². The average molecular weight is 273 g/mol. The average Bonchev–Trinajstić information content (AvgIpc) is 2.98. The highest BCUT2D eigenvalue weighted by atomic mass is 15.3. The van der Waals surface area contributed by atoms with Crippen LogP contribution in [0.25, 0.3) is 5.95 Å². The summed E-state index contributed by atoms with van der Waals surface area (Å²) >= 11 is 0. The van der Waals surface area contributed by atoms with Gasteiger partial charge in [0.15, 0.2) is 0 Å². The predicted octanol–water partition coefficient (Wildman–Crippen LogP) is 1.63. The zero-order chi connectivity index (χ0) is 14.2. The van der Waals surface area contributed by atoms with Crippen LogP contribution in [0.1, 0.15) is 33.1 Å². The van der Waals surface area contributed by atoms with E-state index in [1.807, 2.05) is 0 Å². The van der Waals surface area contributed by atoms with Crippen molar-refractivity contribution in [2.75, 3.05) is 11.1 Å². The molecular weight excluding hydrogens is 254 g/mol. The van der Waals surface area contributed by atoms with Gasteiger partial charge in [-0.15, -0.1) is 0 Å². The number of anilines is 2. The first-order chi connectivity index (χ1) is 9.52. The third-order valence-electron chi connectivity index (χ3n) is 3.68. The van der Waals surface area contributed by atoms with Crippen molar-refractivity contribution in [3.05, 3.63) is 18.7 Å². The molecule has 1 atom stereocenters. The van der Waals surface area contributed by atoms with Gasteiger partial charge in [0.1, 0.15) is 6.33 Å². The maximum absolute atomic E-state index is 5.76. The van der Waals surface area contributed by atoms with Gasteiger partial charge in [-0.2, -0.15) is 15.0 Å². The topological polar surface area (TPSA) is 94.5 Å². The summed E-state index contributed by atoms with van der Waals surface area (Å²) in [6.07, 6.45) is 8.53. The number of nitrogens with one attached hydrogen (secondary N) is 1. The Balaban J connectivity index is 1.80. The van der Waals surface area contributed by atoms with Crippen LogP contribution in [0.15, 0.2) is 18.7 Å². The molecule has 7 heteroatoms. The number of nitrogens with zero attached hydrogens (tertiary/aromatic N) is 5. The smallest absolute Gasteiger partial charge is 0.241 e. The molecule has 106 valence electrons. The van der Waals surface area contributed by atoms with E-state index in [4.69, 9.17) is 5.73 Å². The first-order valence-electron chi connectivity index (χ1n) is 6.78. The van der Waals surface area contributed by atoms with E-state index in [0.717, 1.165) is 12.8 Å². The molecule has 3 N–H and O–H groups in total. The van der Waals surface area contributed by atoms with E-state index in [0.29, 0.717) is 23.4 Å². The molecule has 1 unspecified atom stereocenters. The second-order valence-corrected chi connectivity index (χ2v) is 6.04. The number of rotatable bonds is 3. The van der Waals surface area contributed by atoms with Gasteiger partial charge in [0.2, 0.25) is 17.8 Å². The Morgan fingerprint density at radius 2 is 2.20 bits per heavy atom. The van der Waals surface area contributed by atoms with Crippen LogP contribution in [0.5, 0.6) is 0 Å². The van der Waals surface area contributed by atoms with Crippen LogP contribution in [-0.4, -0.2) is 30.5 Å². The SMILES string of the molecule is CC1(C)CCC(Nc2nc(N)nc(-n3ccnc3)n2)C1. The standard InChI is InChI=1S/C13H19N7/c1-13(2)4-3-9(7-13)16-11-17-10(14)18-12(19-11)20-6-5-15-8-20/h5-6,8-9H,3-4,7H2,1-2H3,(H3,14,16,17,18,19).